The molecule has 0 aliphatic heterocycles. The SMILES string of the molecule is N/C(=N\c1nc(-c2ccc(Cl)cc2)cs1)c1nc2ccc(Br)cc2s1. The third kappa shape index (κ3) is 3.59. The van der Waals surface area contributed by atoms with Gasteiger partial charge in [0.25, 0.3) is 0 Å². The van der Waals surface area contributed by atoms with Gasteiger partial charge < -0.3 is 5.73 Å². The van der Waals surface area contributed by atoms with E-state index in [1.165, 1.54) is 22.7 Å². The second kappa shape index (κ2) is 6.84. The molecular formula is C17H10BrClN4S2. The van der Waals surface area contributed by atoms with E-state index in [-0.39, 0.29) is 0 Å². The van der Waals surface area contributed by atoms with E-state index in [9.17, 15) is 0 Å². The van der Waals surface area contributed by atoms with Gasteiger partial charge in [-0.25, -0.2) is 9.97 Å². The van der Waals surface area contributed by atoms with Crippen LogP contribution in [0.25, 0.3) is 21.5 Å². The maximum absolute atomic E-state index is 6.13. The number of aliphatic imine (C=N–C) groups is 1. The first-order valence-corrected chi connectivity index (χ1v) is 10.1. The maximum Gasteiger partial charge on any atom is 0.211 e. The highest BCUT2D eigenvalue weighted by molar-refractivity contribution is 9.10. The smallest absolute Gasteiger partial charge is 0.211 e. The summed E-state index contributed by atoms with van der Waals surface area (Å²) in [5, 5.41) is 3.94. The van der Waals surface area contributed by atoms with Gasteiger partial charge >= 0.3 is 0 Å². The Morgan fingerprint density at radius 1 is 1.12 bits per heavy atom. The first-order chi connectivity index (χ1) is 12.1. The number of halogens is 2. The molecule has 0 aliphatic rings. The van der Waals surface area contributed by atoms with E-state index in [4.69, 9.17) is 17.3 Å². The van der Waals surface area contributed by atoms with Crippen molar-refractivity contribution >= 4 is 71.4 Å². The first kappa shape index (κ1) is 16.7. The largest absolute Gasteiger partial charge is 0.381 e. The number of thiazole rings is 2. The van der Waals surface area contributed by atoms with Gasteiger partial charge in [-0.15, -0.1) is 22.7 Å². The topological polar surface area (TPSA) is 64.2 Å². The van der Waals surface area contributed by atoms with Crippen LogP contribution in [0.5, 0.6) is 0 Å². The number of benzene rings is 2. The van der Waals surface area contributed by atoms with Gasteiger partial charge in [-0.3, -0.25) is 0 Å². The number of aromatic nitrogens is 2. The van der Waals surface area contributed by atoms with Gasteiger partial charge in [0, 0.05) is 20.4 Å². The molecule has 124 valence electrons. The molecule has 25 heavy (non-hydrogen) atoms. The number of hydrogen-bond donors (Lipinski definition) is 1. The molecule has 4 nitrogen and oxygen atoms in total. The fraction of sp³-hybridized carbons (Fsp3) is 0. The summed E-state index contributed by atoms with van der Waals surface area (Å²) in [5.41, 5.74) is 8.88. The molecule has 4 aromatic rings. The van der Waals surface area contributed by atoms with Crippen LogP contribution in [0.15, 0.2) is 57.3 Å². The van der Waals surface area contributed by atoms with Crippen LogP contribution in [0.3, 0.4) is 0 Å². The van der Waals surface area contributed by atoms with Gasteiger partial charge in [-0.2, -0.15) is 4.99 Å². The Hall–Kier alpha value is -1.80. The quantitative estimate of drug-likeness (QED) is 0.314. The minimum Gasteiger partial charge on any atom is -0.381 e. The Labute approximate surface area is 165 Å². The van der Waals surface area contributed by atoms with Crippen molar-refractivity contribution in [1.29, 1.82) is 0 Å². The third-order valence-corrected chi connectivity index (χ3v) is 5.94. The number of amidine groups is 1. The monoisotopic (exact) mass is 448 g/mol. The van der Waals surface area contributed by atoms with Crippen molar-refractivity contribution in [2.45, 2.75) is 0 Å². The van der Waals surface area contributed by atoms with Crippen molar-refractivity contribution in [2.24, 2.45) is 10.7 Å². The number of hydrogen-bond acceptors (Lipinski definition) is 5. The standard InChI is InChI=1S/C17H10BrClN4S2/c18-10-3-6-12-14(7-10)25-16(21-12)15(20)23-17-22-13(8-24-17)9-1-4-11(19)5-2-9/h1-8H,(H2,20,22,23). The Bertz CT molecular complexity index is 1090. The number of rotatable bonds is 3. The summed E-state index contributed by atoms with van der Waals surface area (Å²) in [4.78, 5) is 13.5. The summed E-state index contributed by atoms with van der Waals surface area (Å²) >= 11 is 12.3. The fourth-order valence-electron chi connectivity index (χ4n) is 2.23. The van der Waals surface area contributed by atoms with E-state index in [0.29, 0.717) is 21.0 Å². The van der Waals surface area contributed by atoms with Crippen molar-refractivity contribution in [1.82, 2.24) is 9.97 Å². The fourth-order valence-corrected chi connectivity index (χ4v) is 4.48. The average Bonchev–Trinajstić information content (AvgIpc) is 3.22. The molecule has 0 saturated heterocycles. The van der Waals surface area contributed by atoms with Crippen LogP contribution in [0.1, 0.15) is 5.01 Å². The van der Waals surface area contributed by atoms with E-state index in [1.54, 1.807) is 0 Å². The van der Waals surface area contributed by atoms with Crippen molar-refractivity contribution in [2.75, 3.05) is 0 Å². The molecule has 2 N–H and O–H groups in total. The van der Waals surface area contributed by atoms with Gasteiger partial charge in [-0.05, 0) is 30.3 Å². The number of fused-ring (bicyclic) bond motifs is 1. The molecule has 2 aromatic carbocycles. The molecule has 0 atom stereocenters. The van der Waals surface area contributed by atoms with E-state index in [2.05, 4.69) is 30.9 Å². The second-order valence-electron chi connectivity index (χ2n) is 5.15. The number of nitrogens with two attached hydrogens (primary N) is 1. The van der Waals surface area contributed by atoms with Crippen LogP contribution in [0.2, 0.25) is 5.02 Å². The van der Waals surface area contributed by atoms with Crippen LogP contribution in [0.4, 0.5) is 5.13 Å². The predicted molar refractivity (Wildman–Crippen MR) is 110 cm³/mol. The minimum absolute atomic E-state index is 0.370. The zero-order valence-electron chi connectivity index (χ0n) is 12.6. The minimum atomic E-state index is 0.370. The van der Waals surface area contributed by atoms with E-state index in [1.807, 2.05) is 47.8 Å². The Morgan fingerprint density at radius 2 is 1.92 bits per heavy atom. The molecule has 0 saturated carbocycles. The van der Waals surface area contributed by atoms with Gasteiger partial charge in [0.15, 0.2) is 10.8 Å². The van der Waals surface area contributed by atoms with Crippen molar-refractivity contribution in [3.63, 3.8) is 0 Å². The van der Waals surface area contributed by atoms with Crippen LogP contribution in [-0.2, 0) is 0 Å². The molecule has 0 bridgehead atoms. The Morgan fingerprint density at radius 3 is 2.72 bits per heavy atom. The van der Waals surface area contributed by atoms with Crippen molar-refractivity contribution in [3.8, 4) is 11.3 Å². The predicted octanol–water partition coefficient (Wildman–Crippen LogP) is 5.87. The summed E-state index contributed by atoms with van der Waals surface area (Å²) < 4.78 is 2.07. The highest BCUT2D eigenvalue weighted by Crippen LogP contribution is 2.29. The third-order valence-electron chi connectivity index (χ3n) is 3.42. The maximum atomic E-state index is 6.13. The van der Waals surface area contributed by atoms with E-state index < -0.39 is 0 Å². The van der Waals surface area contributed by atoms with E-state index in [0.717, 1.165) is 25.9 Å². The van der Waals surface area contributed by atoms with Crippen LogP contribution < -0.4 is 5.73 Å². The summed E-state index contributed by atoms with van der Waals surface area (Å²) in [5.74, 6) is 0.370. The molecule has 0 fully saturated rings. The molecule has 0 unspecified atom stereocenters. The first-order valence-electron chi connectivity index (χ1n) is 7.20. The van der Waals surface area contributed by atoms with E-state index >= 15 is 0 Å². The molecular weight excluding hydrogens is 440 g/mol. The lowest BCUT2D eigenvalue weighted by molar-refractivity contribution is 1.33. The zero-order valence-corrected chi connectivity index (χ0v) is 16.6. The van der Waals surface area contributed by atoms with Crippen molar-refractivity contribution in [3.05, 3.63) is 62.3 Å². The molecule has 0 amide bonds. The lowest BCUT2D eigenvalue weighted by Gasteiger charge is -1.96. The Kier molecular flexibility index (Phi) is 4.56. The van der Waals surface area contributed by atoms with Crippen LogP contribution in [-0.4, -0.2) is 15.8 Å². The zero-order chi connectivity index (χ0) is 17.4. The molecule has 0 radical (unpaired) electrons. The Balaban J connectivity index is 1.64. The number of nitrogens with zero attached hydrogens (tertiary/aromatic N) is 3. The van der Waals surface area contributed by atoms with Crippen LogP contribution >= 0.6 is 50.2 Å². The van der Waals surface area contributed by atoms with Gasteiger partial charge in [-0.1, -0.05) is 39.7 Å². The molecule has 8 heteroatoms. The molecule has 2 heterocycles. The average molecular weight is 450 g/mol. The summed E-state index contributed by atoms with van der Waals surface area (Å²) in [7, 11) is 0. The molecule has 4 rings (SSSR count). The summed E-state index contributed by atoms with van der Waals surface area (Å²) in [6.45, 7) is 0. The van der Waals surface area contributed by atoms with Gasteiger partial charge in [0.2, 0.25) is 5.13 Å². The summed E-state index contributed by atoms with van der Waals surface area (Å²) in [6.07, 6.45) is 0. The van der Waals surface area contributed by atoms with Gasteiger partial charge in [0.1, 0.15) is 0 Å². The van der Waals surface area contributed by atoms with Crippen LogP contribution in [0, 0.1) is 0 Å². The molecule has 0 spiro atoms. The van der Waals surface area contributed by atoms with Crippen molar-refractivity contribution < 1.29 is 0 Å². The molecule has 2 aromatic heterocycles. The normalized spacial score (nSPS) is 12.0. The lowest BCUT2D eigenvalue weighted by Crippen LogP contribution is -2.12. The molecule has 0 aliphatic carbocycles. The highest BCUT2D eigenvalue weighted by atomic mass is 79.9. The second-order valence-corrected chi connectivity index (χ2v) is 8.37. The lowest BCUT2D eigenvalue weighted by atomic mass is 10.2. The summed E-state index contributed by atoms with van der Waals surface area (Å²) in [6, 6.07) is 13.5. The van der Waals surface area contributed by atoms with Gasteiger partial charge in [0.05, 0.1) is 15.9 Å². The highest BCUT2D eigenvalue weighted by Gasteiger charge is 2.10.